The Bertz CT molecular complexity index is 1430. The van der Waals surface area contributed by atoms with Crippen LogP contribution in [0.2, 0.25) is 0 Å². The molecule has 0 amide bonds. The monoisotopic (exact) mass is 485 g/mol. The van der Waals surface area contributed by atoms with E-state index >= 15 is 0 Å². The predicted octanol–water partition coefficient (Wildman–Crippen LogP) is 4.60. The molecule has 0 aliphatic rings. The van der Waals surface area contributed by atoms with E-state index in [2.05, 4.69) is 19.7 Å². The standard InChI is InChI=1S/C23H21F2N5O3S/c1-14-15(2)30(13-26-14)22-11-23(28-16(3)27-22)33-21-6-4-20(5-7-21)29-34(31,32)12-17-8-18(24)10-19(25)9-17/h4-11,13,29H,12H2,1-3H3. The van der Waals surface area contributed by atoms with E-state index in [1.807, 2.05) is 18.4 Å². The van der Waals surface area contributed by atoms with Gasteiger partial charge in [-0.05, 0) is 62.7 Å². The van der Waals surface area contributed by atoms with E-state index in [-0.39, 0.29) is 11.3 Å². The summed E-state index contributed by atoms with van der Waals surface area (Å²) in [5.74, 6) is -0.389. The van der Waals surface area contributed by atoms with E-state index in [0.717, 1.165) is 23.5 Å². The quantitative estimate of drug-likeness (QED) is 0.411. The molecule has 0 aliphatic heterocycles. The molecule has 34 heavy (non-hydrogen) atoms. The SMILES string of the molecule is Cc1nc(Oc2ccc(NS(=O)(=O)Cc3cc(F)cc(F)c3)cc2)cc(-n2cnc(C)c2C)n1. The van der Waals surface area contributed by atoms with Crippen LogP contribution in [0.3, 0.4) is 0 Å². The van der Waals surface area contributed by atoms with Gasteiger partial charge in [-0.2, -0.15) is 4.98 Å². The fourth-order valence-electron chi connectivity index (χ4n) is 3.27. The fourth-order valence-corrected chi connectivity index (χ4v) is 4.44. The van der Waals surface area contributed by atoms with E-state index in [1.54, 1.807) is 31.5 Å². The zero-order valence-corrected chi connectivity index (χ0v) is 19.4. The molecule has 1 N–H and O–H groups in total. The molecule has 4 aromatic rings. The number of sulfonamides is 1. The first-order valence-electron chi connectivity index (χ1n) is 10.2. The number of rotatable bonds is 7. The van der Waals surface area contributed by atoms with Crippen LogP contribution in [0.1, 0.15) is 22.8 Å². The molecule has 0 saturated carbocycles. The lowest BCUT2D eigenvalue weighted by Crippen LogP contribution is -2.15. The predicted molar refractivity (Wildman–Crippen MR) is 122 cm³/mol. The Kier molecular flexibility index (Phi) is 6.29. The molecule has 0 fully saturated rings. The average Bonchev–Trinajstić information content (AvgIpc) is 3.06. The van der Waals surface area contributed by atoms with Gasteiger partial charge in [0.2, 0.25) is 15.9 Å². The number of ether oxygens (including phenoxy) is 1. The van der Waals surface area contributed by atoms with Gasteiger partial charge in [0.15, 0.2) is 0 Å². The van der Waals surface area contributed by atoms with E-state index in [1.165, 1.54) is 12.1 Å². The van der Waals surface area contributed by atoms with Gasteiger partial charge in [-0.25, -0.2) is 27.2 Å². The zero-order chi connectivity index (χ0) is 24.5. The number of aromatic nitrogens is 4. The summed E-state index contributed by atoms with van der Waals surface area (Å²) >= 11 is 0. The highest BCUT2D eigenvalue weighted by Crippen LogP contribution is 2.24. The van der Waals surface area contributed by atoms with Crippen molar-refractivity contribution in [3.8, 4) is 17.4 Å². The third-order valence-electron chi connectivity index (χ3n) is 4.93. The molecular weight excluding hydrogens is 464 g/mol. The summed E-state index contributed by atoms with van der Waals surface area (Å²) in [5, 5.41) is 0. The summed E-state index contributed by atoms with van der Waals surface area (Å²) in [7, 11) is -3.89. The lowest BCUT2D eigenvalue weighted by atomic mass is 10.2. The Labute approximate surface area is 195 Å². The maximum absolute atomic E-state index is 13.3. The molecule has 2 aromatic heterocycles. The number of hydrogen-bond acceptors (Lipinski definition) is 6. The molecule has 0 aliphatic carbocycles. The molecule has 4 rings (SSSR count). The zero-order valence-electron chi connectivity index (χ0n) is 18.6. The Morgan fingerprint density at radius 1 is 0.971 bits per heavy atom. The van der Waals surface area contributed by atoms with Crippen molar-refractivity contribution in [1.29, 1.82) is 0 Å². The van der Waals surface area contributed by atoms with E-state index in [9.17, 15) is 17.2 Å². The van der Waals surface area contributed by atoms with Gasteiger partial charge in [0.05, 0.1) is 11.4 Å². The van der Waals surface area contributed by atoms with Crippen LogP contribution >= 0.6 is 0 Å². The molecule has 0 unspecified atom stereocenters. The highest BCUT2D eigenvalue weighted by Gasteiger charge is 2.14. The normalized spacial score (nSPS) is 11.4. The number of nitrogens with one attached hydrogen (secondary N) is 1. The molecule has 0 saturated heterocycles. The second kappa shape index (κ2) is 9.18. The molecule has 0 radical (unpaired) electrons. The second-order valence-corrected chi connectivity index (χ2v) is 9.38. The summed E-state index contributed by atoms with van der Waals surface area (Å²) in [5.41, 5.74) is 2.11. The Morgan fingerprint density at radius 3 is 2.26 bits per heavy atom. The van der Waals surface area contributed by atoms with Crippen molar-refractivity contribution < 1.29 is 21.9 Å². The average molecular weight is 486 g/mol. The summed E-state index contributed by atoms with van der Waals surface area (Å²) in [6.45, 7) is 5.59. The number of imidazole rings is 1. The first kappa shape index (κ1) is 23.3. The van der Waals surface area contributed by atoms with Crippen molar-refractivity contribution in [2.75, 3.05) is 4.72 Å². The number of aryl methyl sites for hydroxylation is 2. The Hall–Kier alpha value is -3.86. The van der Waals surface area contributed by atoms with Gasteiger partial charge in [-0.3, -0.25) is 9.29 Å². The minimum Gasteiger partial charge on any atom is -0.439 e. The lowest BCUT2D eigenvalue weighted by Gasteiger charge is -2.11. The largest absolute Gasteiger partial charge is 0.439 e. The van der Waals surface area contributed by atoms with Crippen LogP contribution in [0.25, 0.3) is 5.82 Å². The Morgan fingerprint density at radius 2 is 1.65 bits per heavy atom. The summed E-state index contributed by atoms with van der Waals surface area (Å²) < 4.78 is 61.5. The van der Waals surface area contributed by atoms with Crippen molar-refractivity contribution in [1.82, 2.24) is 19.5 Å². The van der Waals surface area contributed by atoms with Crippen LogP contribution in [0.15, 0.2) is 54.9 Å². The van der Waals surface area contributed by atoms with Gasteiger partial charge < -0.3 is 4.74 Å². The number of anilines is 1. The van der Waals surface area contributed by atoms with E-state index < -0.39 is 27.4 Å². The molecular formula is C23H21F2N5O3S. The number of hydrogen-bond donors (Lipinski definition) is 1. The molecule has 0 spiro atoms. The molecule has 2 aromatic carbocycles. The first-order chi connectivity index (χ1) is 16.1. The van der Waals surface area contributed by atoms with Crippen molar-refractivity contribution in [3.63, 3.8) is 0 Å². The molecule has 2 heterocycles. The lowest BCUT2D eigenvalue weighted by molar-refractivity contribution is 0.459. The van der Waals surface area contributed by atoms with Crippen LogP contribution < -0.4 is 9.46 Å². The van der Waals surface area contributed by atoms with Gasteiger partial charge in [-0.1, -0.05) is 0 Å². The van der Waals surface area contributed by atoms with Crippen molar-refractivity contribution in [2.24, 2.45) is 0 Å². The van der Waals surface area contributed by atoms with Crippen LogP contribution in [0.5, 0.6) is 11.6 Å². The van der Waals surface area contributed by atoms with Crippen LogP contribution in [-0.4, -0.2) is 27.9 Å². The third kappa shape index (κ3) is 5.54. The smallest absolute Gasteiger partial charge is 0.236 e. The van der Waals surface area contributed by atoms with Gasteiger partial charge >= 0.3 is 0 Å². The number of halogens is 2. The minimum atomic E-state index is -3.89. The van der Waals surface area contributed by atoms with Gasteiger partial charge in [0.25, 0.3) is 0 Å². The molecule has 0 atom stereocenters. The molecule has 176 valence electrons. The van der Waals surface area contributed by atoms with Gasteiger partial charge in [0, 0.05) is 23.5 Å². The van der Waals surface area contributed by atoms with Gasteiger partial charge in [0.1, 0.15) is 35.4 Å². The molecule has 8 nitrogen and oxygen atoms in total. The van der Waals surface area contributed by atoms with Gasteiger partial charge in [-0.15, -0.1) is 0 Å². The summed E-state index contributed by atoms with van der Waals surface area (Å²) in [6.07, 6.45) is 1.68. The van der Waals surface area contributed by atoms with E-state index in [0.29, 0.717) is 29.3 Å². The topological polar surface area (TPSA) is 99.0 Å². The third-order valence-corrected chi connectivity index (χ3v) is 6.19. The fraction of sp³-hybridized carbons (Fsp3) is 0.174. The van der Waals surface area contributed by atoms with Crippen molar-refractivity contribution in [2.45, 2.75) is 26.5 Å². The maximum atomic E-state index is 13.3. The van der Waals surface area contributed by atoms with Crippen LogP contribution in [-0.2, 0) is 15.8 Å². The maximum Gasteiger partial charge on any atom is 0.236 e. The Balaban J connectivity index is 1.47. The summed E-state index contributed by atoms with van der Waals surface area (Å²) in [4.78, 5) is 13.0. The van der Waals surface area contributed by atoms with Crippen molar-refractivity contribution >= 4 is 15.7 Å². The number of nitrogens with zero attached hydrogens (tertiary/aromatic N) is 4. The first-order valence-corrected chi connectivity index (χ1v) is 11.8. The van der Waals surface area contributed by atoms with Crippen molar-refractivity contribution in [3.05, 3.63) is 89.3 Å². The highest BCUT2D eigenvalue weighted by molar-refractivity contribution is 7.91. The number of benzene rings is 2. The van der Waals surface area contributed by atoms with E-state index in [4.69, 9.17) is 4.74 Å². The summed E-state index contributed by atoms with van der Waals surface area (Å²) in [6, 6.07) is 10.5. The molecule has 0 bridgehead atoms. The molecule has 11 heteroatoms. The van der Waals surface area contributed by atoms with Crippen LogP contribution in [0.4, 0.5) is 14.5 Å². The minimum absolute atomic E-state index is 0.00297. The second-order valence-electron chi connectivity index (χ2n) is 7.66. The highest BCUT2D eigenvalue weighted by atomic mass is 32.2. The van der Waals surface area contributed by atoms with Crippen LogP contribution in [0, 0.1) is 32.4 Å².